The van der Waals surface area contributed by atoms with E-state index in [1.807, 2.05) is 20.8 Å². The van der Waals surface area contributed by atoms with Gasteiger partial charge in [-0.25, -0.2) is 4.79 Å². The predicted molar refractivity (Wildman–Crippen MR) is 87.3 cm³/mol. The molecule has 3 saturated carbocycles. The van der Waals surface area contributed by atoms with E-state index in [1.165, 1.54) is 19.3 Å². The van der Waals surface area contributed by atoms with Crippen molar-refractivity contribution in [3.8, 4) is 0 Å². The van der Waals surface area contributed by atoms with Gasteiger partial charge in [-0.15, -0.1) is 0 Å². The summed E-state index contributed by atoms with van der Waals surface area (Å²) < 4.78 is 11.0. The van der Waals surface area contributed by atoms with Crippen molar-refractivity contribution in [3.63, 3.8) is 0 Å². The van der Waals surface area contributed by atoms with Gasteiger partial charge in [0.1, 0.15) is 5.60 Å². The Hall–Kier alpha value is -1.30. The number of amides is 2. The lowest BCUT2D eigenvalue weighted by Gasteiger charge is -2.33. The Morgan fingerprint density at radius 1 is 1.17 bits per heavy atom. The Bertz CT molecular complexity index is 528. The van der Waals surface area contributed by atoms with Crippen LogP contribution in [-0.4, -0.2) is 54.3 Å². The topological polar surface area (TPSA) is 67.9 Å². The van der Waals surface area contributed by atoms with E-state index in [0.29, 0.717) is 31.0 Å². The van der Waals surface area contributed by atoms with Crippen molar-refractivity contribution in [1.29, 1.82) is 0 Å². The molecule has 0 spiro atoms. The maximum atomic E-state index is 12.6. The highest BCUT2D eigenvalue weighted by Crippen LogP contribution is 2.65. The van der Waals surface area contributed by atoms with Crippen LogP contribution in [0.15, 0.2) is 0 Å². The zero-order valence-electron chi connectivity index (χ0n) is 14.8. The van der Waals surface area contributed by atoms with Crippen LogP contribution in [0.2, 0.25) is 0 Å². The average Bonchev–Trinajstić information content (AvgIpc) is 2.91. The number of hydrogen-bond donors (Lipinski definition) is 1. The first-order chi connectivity index (χ1) is 11.3. The van der Waals surface area contributed by atoms with Crippen LogP contribution in [0.1, 0.15) is 40.0 Å². The summed E-state index contributed by atoms with van der Waals surface area (Å²) in [5, 5.41) is 3.19. The van der Waals surface area contributed by atoms with E-state index in [-0.39, 0.29) is 18.5 Å². The fraction of sp³-hybridized carbons (Fsp3) is 0.889. The summed E-state index contributed by atoms with van der Waals surface area (Å²) >= 11 is 0. The molecule has 3 aliphatic carbocycles. The van der Waals surface area contributed by atoms with Crippen LogP contribution >= 0.6 is 0 Å². The van der Waals surface area contributed by atoms with Crippen LogP contribution in [0.5, 0.6) is 0 Å². The van der Waals surface area contributed by atoms with Crippen molar-refractivity contribution < 1.29 is 19.1 Å². The van der Waals surface area contributed by atoms with Crippen LogP contribution in [0, 0.1) is 23.7 Å². The lowest BCUT2D eigenvalue weighted by atomic mass is 10.0. The fourth-order valence-corrected chi connectivity index (χ4v) is 5.08. The third-order valence-corrected chi connectivity index (χ3v) is 6.05. The highest BCUT2D eigenvalue weighted by Gasteiger charge is 2.65. The summed E-state index contributed by atoms with van der Waals surface area (Å²) in [6.45, 7) is 6.65. The largest absolute Gasteiger partial charge is 0.444 e. The number of morpholine rings is 1. The molecule has 4 fully saturated rings. The minimum absolute atomic E-state index is 0.0675. The van der Waals surface area contributed by atoms with Crippen molar-refractivity contribution in [1.82, 2.24) is 10.2 Å². The number of rotatable bonds is 2. The molecule has 4 aliphatic rings. The number of ether oxygens (including phenoxy) is 2. The molecule has 1 heterocycles. The second kappa shape index (κ2) is 5.61. The van der Waals surface area contributed by atoms with Gasteiger partial charge in [0.2, 0.25) is 0 Å². The highest BCUT2D eigenvalue weighted by molar-refractivity contribution is 5.82. The SMILES string of the molecule is CC(C)(C)OC(=O)N1CCO[C@H](C(=O)NC2[C@@H]3[C@H]4CC[C@@H](C4)[C@@H]23)C1. The van der Waals surface area contributed by atoms with Crippen molar-refractivity contribution in [3.05, 3.63) is 0 Å². The van der Waals surface area contributed by atoms with Crippen molar-refractivity contribution in [2.75, 3.05) is 19.7 Å². The molecule has 24 heavy (non-hydrogen) atoms. The van der Waals surface area contributed by atoms with E-state index in [0.717, 1.165) is 11.8 Å². The number of nitrogens with zero attached hydrogens (tertiary/aromatic N) is 1. The van der Waals surface area contributed by atoms with Gasteiger partial charge in [-0.05, 0) is 63.7 Å². The zero-order chi connectivity index (χ0) is 17.1. The van der Waals surface area contributed by atoms with E-state index < -0.39 is 11.7 Å². The third-order valence-electron chi connectivity index (χ3n) is 6.05. The Morgan fingerprint density at radius 2 is 1.83 bits per heavy atom. The van der Waals surface area contributed by atoms with Gasteiger partial charge < -0.3 is 19.7 Å². The number of fused-ring (bicyclic) bond motifs is 5. The third kappa shape index (κ3) is 2.89. The van der Waals surface area contributed by atoms with Crippen LogP contribution in [-0.2, 0) is 14.3 Å². The first kappa shape index (κ1) is 16.2. The van der Waals surface area contributed by atoms with E-state index in [4.69, 9.17) is 9.47 Å². The van der Waals surface area contributed by atoms with Gasteiger partial charge in [0.15, 0.2) is 6.10 Å². The van der Waals surface area contributed by atoms with Crippen LogP contribution in [0.3, 0.4) is 0 Å². The quantitative estimate of drug-likeness (QED) is 0.835. The molecule has 6 nitrogen and oxygen atoms in total. The van der Waals surface area contributed by atoms with Crippen LogP contribution < -0.4 is 5.32 Å². The monoisotopic (exact) mass is 336 g/mol. The molecular weight excluding hydrogens is 308 g/mol. The van der Waals surface area contributed by atoms with Crippen molar-refractivity contribution in [2.24, 2.45) is 23.7 Å². The number of hydrogen-bond acceptors (Lipinski definition) is 4. The summed E-state index contributed by atoms with van der Waals surface area (Å²) in [4.78, 5) is 26.3. The van der Waals surface area contributed by atoms with Gasteiger partial charge in [-0.2, -0.15) is 0 Å². The van der Waals surface area contributed by atoms with Gasteiger partial charge in [-0.1, -0.05) is 0 Å². The average molecular weight is 336 g/mol. The molecule has 6 heteroatoms. The molecule has 0 aromatic carbocycles. The molecule has 0 unspecified atom stereocenters. The van der Waals surface area contributed by atoms with Crippen molar-refractivity contribution in [2.45, 2.75) is 57.8 Å². The molecule has 2 bridgehead atoms. The molecule has 0 aromatic rings. The first-order valence-electron chi connectivity index (χ1n) is 9.23. The van der Waals surface area contributed by atoms with Gasteiger partial charge in [0.05, 0.1) is 13.2 Å². The van der Waals surface area contributed by atoms with Crippen molar-refractivity contribution >= 4 is 12.0 Å². The second-order valence-corrected chi connectivity index (χ2v) is 8.81. The van der Waals surface area contributed by atoms with E-state index in [2.05, 4.69) is 5.32 Å². The minimum atomic E-state index is -0.578. The smallest absolute Gasteiger partial charge is 0.410 e. The molecule has 0 aromatic heterocycles. The number of nitrogens with one attached hydrogen (secondary N) is 1. The van der Waals surface area contributed by atoms with Gasteiger partial charge >= 0.3 is 6.09 Å². The Morgan fingerprint density at radius 3 is 2.46 bits per heavy atom. The summed E-state index contributed by atoms with van der Waals surface area (Å²) in [5.74, 6) is 3.00. The Balaban J connectivity index is 1.30. The zero-order valence-corrected chi connectivity index (χ0v) is 14.8. The lowest BCUT2D eigenvalue weighted by molar-refractivity contribution is -0.138. The summed E-state index contributed by atoms with van der Waals surface area (Å²) in [6, 6.07) is 0.351. The number of carbonyl (C=O) groups excluding carboxylic acids is 2. The fourth-order valence-electron chi connectivity index (χ4n) is 5.08. The maximum absolute atomic E-state index is 12.6. The van der Waals surface area contributed by atoms with E-state index in [9.17, 15) is 9.59 Å². The summed E-state index contributed by atoms with van der Waals surface area (Å²) in [7, 11) is 0. The molecule has 1 saturated heterocycles. The lowest BCUT2D eigenvalue weighted by Crippen LogP contribution is -2.53. The maximum Gasteiger partial charge on any atom is 0.410 e. The molecule has 1 N–H and O–H groups in total. The van der Waals surface area contributed by atoms with Crippen LogP contribution in [0.4, 0.5) is 4.79 Å². The molecular formula is C18H28N2O4. The molecule has 5 atom stereocenters. The summed E-state index contributed by atoms with van der Waals surface area (Å²) in [5.41, 5.74) is -0.530. The van der Waals surface area contributed by atoms with Crippen LogP contribution in [0.25, 0.3) is 0 Å². The van der Waals surface area contributed by atoms with Gasteiger partial charge in [-0.3, -0.25) is 4.79 Å². The molecule has 2 amide bonds. The molecule has 0 radical (unpaired) electrons. The standard InChI is InChI=1S/C18H28N2O4/c1-18(2,3)24-17(22)20-6-7-23-12(9-20)16(21)19-15-13-10-4-5-11(8-10)14(13)15/h10-15H,4-9H2,1-3H3,(H,19,21)/t10-,11-,12-,13+,14+/m0/s1. The van der Waals surface area contributed by atoms with E-state index >= 15 is 0 Å². The van der Waals surface area contributed by atoms with Gasteiger partial charge in [0.25, 0.3) is 5.91 Å². The molecule has 134 valence electrons. The Kier molecular flexibility index (Phi) is 3.79. The second-order valence-electron chi connectivity index (χ2n) is 8.81. The van der Waals surface area contributed by atoms with Gasteiger partial charge in [0, 0.05) is 12.6 Å². The summed E-state index contributed by atoms with van der Waals surface area (Å²) in [6.07, 6.45) is 3.10. The normalized spacial score (nSPS) is 40.2. The van der Waals surface area contributed by atoms with E-state index in [1.54, 1.807) is 4.90 Å². The molecule has 4 rings (SSSR count). The number of carbonyl (C=O) groups is 2. The predicted octanol–water partition coefficient (Wildman–Crippen LogP) is 1.78. The minimum Gasteiger partial charge on any atom is -0.444 e. The highest BCUT2D eigenvalue weighted by atomic mass is 16.6. The Labute approximate surface area is 143 Å². The molecule has 1 aliphatic heterocycles. The first-order valence-corrected chi connectivity index (χ1v) is 9.23.